The van der Waals surface area contributed by atoms with Crippen molar-refractivity contribution in [2.75, 3.05) is 25.6 Å². The van der Waals surface area contributed by atoms with E-state index in [0.717, 1.165) is 11.3 Å². The molecule has 1 heterocycles. The minimum absolute atomic E-state index is 0.0249. The maximum absolute atomic E-state index is 11.6. The fourth-order valence-corrected chi connectivity index (χ4v) is 1.80. The molecule has 0 aliphatic heterocycles. The van der Waals surface area contributed by atoms with Crippen LogP contribution >= 0.6 is 11.3 Å². The fraction of sp³-hybridized carbons (Fsp3) is 0.400. The van der Waals surface area contributed by atoms with E-state index in [2.05, 4.69) is 20.4 Å². The summed E-state index contributed by atoms with van der Waals surface area (Å²) >= 11 is 1.10. The van der Waals surface area contributed by atoms with Crippen LogP contribution in [-0.4, -0.2) is 48.1 Å². The molecule has 0 unspecified atom stereocenters. The molecule has 8 nitrogen and oxygen atoms in total. The summed E-state index contributed by atoms with van der Waals surface area (Å²) in [4.78, 5) is 36.9. The number of hydrogen-bond donors (Lipinski definition) is 3. The number of hydrogen-bond acceptors (Lipinski definition) is 6. The average molecular weight is 287 g/mol. The molecule has 3 N–H and O–H groups in total. The van der Waals surface area contributed by atoms with Crippen LogP contribution < -0.4 is 10.6 Å². The van der Waals surface area contributed by atoms with E-state index >= 15 is 0 Å². The van der Waals surface area contributed by atoms with Crippen LogP contribution in [0, 0.1) is 0 Å². The van der Waals surface area contributed by atoms with Gasteiger partial charge >= 0.3 is 5.97 Å². The lowest BCUT2D eigenvalue weighted by Crippen LogP contribution is -2.26. The van der Waals surface area contributed by atoms with E-state index in [0.29, 0.717) is 0 Å². The Bertz CT molecular complexity index is 473. The zero-order valence-electron chi connectivity index (χ0n) is 10.1. The lowest BCUT2D eigenvalue weighted by Gasteiger charge is -2.00. The summed E-state index contributed by atoms with van der Waals surface area (Å²) in [6.45, 7) is -0.0726. The minimum atomic E-state index is -0.994. The van der Waals surface area contributed by atoms with Gasteiger partial charge in [0, 0.05) is 19.0 Å². The van der Waals surface area contributed by atoms with Crippen molar-refractivity contribution in [1.29, 1.82) is 0 Å². The Balaban J connectivity index is 2.47. The molecule has 2 amide bonds. The highest BCUT2D eigenvalue weighted by Gasteiger charge is 2.12. The Hall–Kier alpha value is -2.00. The second-order valence-electron chi connectivity index (χ2n) is 3.42. The third-order valence-corrected chi connectivity index (χ3v) is 2.64. The zero-order valence-corrected chi connectivity index (χ0v) is 11.0. The number of carbonyl (C=O) groups is 3. The van der Waals surface area contributed by atoms with Gasteiger partial charge in [0.15, 0.2) is 5.13 Å². The summed E-state index contributed by atoms with van der Waals surface area (Å²) in [6.07, 6.45) is -0.159. The van der Waals surface area contributed by atoms with E-state index in [4.69, 9.17) is 5.11 Å². The summed E-state index contributed by atoms with van der Waals surface area (Å²) in [5.41, 5.74) is 0.128. The monoisotopic (exact) mass is 287 g/mol. The first-order valence-corrected chi connectivity index (χ1v) is 6.15. The lowest BCUT2D eigenvalue weighted by molar-refractivity contribution is -0.136. The fourth-order valence-electron chi connectivity index (χ4n) is 1.10. The molecule has 0 bridgehead atoms. The molecule has 19 heavy (non-hydrogen) atoms. The maximum atomic E-state index is 11.6. The quantitative estimate of drug-likeness (QED) is 0.646. The third kappa shape index (κ3) is 5.44. The molecule has 0 atom stereocenters. The smallest absolute Gasteiger partial charge is 0.305 e. The molecular formula is C10H13N3O5S. The van der Waals surface area contributed by atoms with E-state index in [1.807, 2.05) is 0 Å². The number of aromatic nitrogens is 1. The first kappa shape index (κ1) is 15.1. The lowest BCUT2D eigenvalue weighted by atomic mass is 10.4. The van der Waals surface area contributed by atoms with Crippen LogP contribution in [0.2, 0.25) is 0 Å². The van der Waals surface area contributed by atoms with Gasteiger partial charge in [0.05, 0.1) is 6.42 Å². The number of ether oxygens (including phenoxy) is 1. The van der Waals surface area contributed by atoms with Crippen molar-refractivity contribution < 1.29 is 24.2 Å². The highest BCUT2D eigenvalue weighted by molar-refractivity contribution is 7.14. The summed E-state index contributed by atoms with van der Waals surface area (Å²) in [7, 11) is 1.39. The Kier molecular flexibility index (Phi) is 5.90. The molecule has 9 heteroatoms. The van der Waals surface area contributed by atoms with Gasteiger partial charge in [0.2, 0.25) is 0 Å². The van der Waals surface area contributed by atoms with Gasteiger partial charge in [-0.15, -0.1) is 11.3 Å². The van der Waals surface area contributed by atoms with Gasteiger partial charge in [0.25, 0.3) is 11.8 Å². The van der Waals surface area contributed by atoms with Crippen LogP contribution in [0.1, 0.15) is 16.9 Å². The summed E-state index contributed by atoms with van der Waals surface area (Å²) in [5.74, 6) is -1.84. The van der Waals surface area contributed by atoms with Gasteiger partial charge in [0.1, 0.15) is 12.3 Å². The zero-order chi connectivity index (χ0) is 14.3. The number of aliphatic carboxylic acids is 1. The van der Waals surface area contributed by atoms with Gasteiger partial charge in [-0.2, -0.15) is 0 Å². The van der Waals surface area contributed by atoms with E-state index in [1.54, 1.807) is 0 Å². The molecule has 0 saturated heterocycles. The molecule has 0 saturated carbocycles. The maximum Gasteiger partial charge on any atom is 0.305 e. The summed E-state index contributed by atoms with van der Waals surface area (Å²) in [6, 6.07) is 0. The molecule has 0 aliphatic rings. The first-order valence-electron chi connectivity index (χ1n) is 5.27. The molecule has 1 aromatic rings. The van der Waals surface area contributed by atoms with Crippen LogP contribution in [0.3, 0.4) is 0 Å². The van der Waals surface area contributed by atoms with Crippen molar-refractivity contribution >= 4 is 34.3 Å². The third-order valence-electron chi connectivity index (χ3n) is 1.88. The predicted molar refractivity (Wildman–Crippen MR) is 67.2 cm³/mol. The molecule has 1 aromatic heterocycles. The van der Waals surface area contributed by atoms with Crippen molar-refractivity contribution in [3.05, 3.63) is 11.1 Å². The number of nitrogens with one attached hydrogen (secondary N) is 2. The number of carboxylic acid groups (broad SMARTS) is 1. The van der Waals surface area contributed by atoms with Gasteiger partial charge in [-0.05, 0) is 0 Å². The Morgan fingerprint density at radius 1 is 1.47 bits per heavy atom. The van der Waals surface area contributed by atoms with E-state index in [9.17, 15) is 14.4 Å². The Labute approximate surface area is 112 Å². The van der Waals surface area contributed by atoms with Gasteiger partial charge in [-0.25, -0.2) is 4.98 Å². The highest BCUT2D eigenvalue weighted by Crippen LogP contribution is 2.15. The summed E-state index contributed by atoms with van der Waals surface area (Å²) < 4.78 is 4.64. The molecule has 0 fully saturated rings. The number of methoxy groups -OCH3 is 1. The predicted octanol–water partition coefficient (Wildman–Crippen LogP) is -0.0675. The van der Waals surface area contributed by atoms with E-state index in [-0.39, 0.29) is 36.3 Å². The Morgan fingerprint density at radius 2 is 2.21 bits per heavy atom. The van der Waals surface area contributed by atoms with E-state index in [1.165, 1.54) is 12.5 Å². The number of anilines is 1. The standard InChI is InChI=1S/C10H13N3O5S/c1-18-4-7(14)13-10-12-6(5-19-10)9(17)11-3-2-8(15)16/h5H,2-4H2,1H3,(H,11,17)(H,15,16)(H,12,13,14). The molecule has 0 aromatic carbocycles. The Morgan fingerprint density at radius 3 is 2.84 bits per heavy atom. The number of thiazole rings is 1. The molecule has 1 rings (SSSR count). The molecule has 0 aliphatic carbocycles. The van der Waals surface area contributed by atoms with Gasteiger partial charge in [-0.3, -0.25) is 19.7 Å². The topological polar surface area (TPSA) is 118 Å². The van der Waals surface area contributed by atoms with Gasteiger partial charge in [-0.1, -0.05) is 0 Å². The second-order valence-corrected chi connectivity index (χ2v) is 4.28. The number of amides is 2. The van der Waals surface area contributed by atoms with Crippen molar-refractivity contribution in [2.24, 2.45) is 0 Å². The average Bonchev–Trinajstić information content (AvgIpc) is 2.77. The van der Waals surface area contributed by atoms with Crippen LogP contribution in [0.5, 0.6) is 0 Å². The van der Waals surface area contributed by atoms with Crippen molar-refractivity contribution in [2.45, 2.75) is 6.42 Å². The van der Waals surface area contributed by atoms with Crippen LogP contribution in [0.4, 0.5) is 5.13 Å². The normalized spacial score (nSPS) is 9.95. The number of rotatable bonds is 7. The van der Waals surface area contributed by atoms with Crippen LogP contribution in [-0.2, 0) is 14.3 Å². The van der Waals surface area contributed by atoms with Crippen molar-refractivity contribution in [3.63, 3.8) is 0 Å². The van der Waals surface area contributed by atoms with E-state index < -0.39 is 11.9 Å². The number of nitrogens with zero attached hydrogens (tertiary/aromatic N) is 1. The first-order chi connectivity index (χ1) is 9.02. The summed E-state index contributed by atoms with van der Waals surface area (Å²) in [5, 5.41) is 15.1. The minimum Gasteiger partial charge on any atom is -0.481 e. The van der Waals surface area contributed by atoms with Gasteiger partial charge < -0.3 is 15.2 Å². The van der Waals surface area contributed by atoms with Crippen LogP contribution in [0.25, 0.3) is 0 Å². The highest BCUT2D eigenvalue weighted by atomic mass is 32.1. The largest absolute Gasteiger partial charge is 0.481 e. The van der Waals surface area contributed by atoms with Crippen molar-refractivity contribution in [1.82, 2.24) is 10.3 Å². The van der Waals surface area contributed by atoms with Crippen molar-refractivity contribution in [3.8, 4) is 0 Å². The molecule has 0 radical (unpaired) electrons. The number of carbonyl (C=O) groups excluding carboxylic acids is 2. The molecular weight excluding hydrogens is 274 g/mol. The molecule has 0 spiro atoms. The van der Waals surface area contributed by atoms with Crippen LogP contribution in [0.15, 0.2) is 5.38 Å². The number of carboxylic acids is 1. The second kappa shape index (κ2) is 7.44. The SMILES string of the molecule is COCC(=O)Nc1nc(C(=O)NCCC(=O)O)cs1. The molecule has 104 valence electrons.